The molecule has 0 heterocycles. The highest BCUT2D eigenvalue weighted by Gasteiger charge is 2.18. The summed E-state index contributed by atoms with van der Waals surface area (Å²) in [5.74, 6) is 1.74. The van der Waals surface area contributed by atoms with Gasteiger partial charge < -0.3 is 19.3 Å². The number of aliphatic hydroxyl groups is 1. The molecule has 0 amide bonds. The number of hydrogen-bond donors (Lipinski definition) is 1. The summed E-state index contributed by atoms with van der Waals surface area (Å²) in [7, 11) is 0. The Labute approximate surface area is 121 Å². The highest BCUT2D eigenvalue weighted by atomic mass is 16.5. The van der Waals surface area contributed by atoms with Gasteiger partial charge in [0.2, 0.25) is 5.75 Å². The molecule has 1 atom stereocenters. The summed E-state index contributed by atoms with van der Waals surface area (Å²) >= 11 is 0. The largest absolute Gasteiger partial charge is 0.490 e. The molecule has 20 heavy (non-hydrogen) atoms. The average Bonchev–Trinajstić information content (AvgIpc) is 2.41. The molecular weight excluding hydrogens is 256 g/mol. The zero-order valence-corrected chi connectivity index (χ0v) is 12.7. The molecule has 0 fully saturated rings. The van der Waals surface area contributed by atoms with Crippen molar-refractivity contribution in [2.75, 3.05) is 19.8 Å². The molecule has 0 saturated heterocycles. The summed E-state index contributed by atoms with van der Waals surface area (Å²) < 4.78 is 16.8. The number of aliphatic hydroxyl groups excluding tert-OH is 1. The van der Waals surface area contributed by atoms with Crippen LogP contribution in [0.15, 0.2) is 24.3 Å². The Morgan fingerprint density at radius 3 is 1.85 bits per heavy atom. The summed E-state index contributed by atoms with van der Waals surface area (Å²) in [5.41, 5.74) is 1.35. The van der Waals surface area contributed by atoms with Gasteiger partial charge in [0.05, 0.1) is 25.9 Å². The molecule has 0 aromatic heterocycles. The molecule has 1 rings (SSSR count). The van der Waals surface area contributed by atoms with Gasteiger partial charge in [-0.15, -0.1) is 0 Å². The zero-order chi connectivity index (χ0) is 15.1. The molecule has 1 aromatic carbocycles. The maximum atomic E-state index is 10.2. The van der Waals surface area contributed by atoms with E-state index in [0.29, 0.717) is 48.2 Å². The normalized spacial score (nSPS) is 11.8. The first-order valence-electron chi connectivity index (χ1n) is 6.94. The van der Waals surface area contributed by atoms with Crippen molar-refractivity contribution < 1.29 is 19.3 Å². The van der Waals surface area contributed by atoms with E-state index in [4.69, 9.17) is 14.2 Å². The molecule has 1 aromatic rings. The minimum Gasteiger partial charge on any atom is -0.490 e. The number of hydrogen-bond acceptors (Lipinski definition) is 4. The maximum Gasteiger partial charge on any atom is 0.203 e. The Morgan fingerprint density at radius 1 is 1.05 bits per heavy atom. The summed E-state index contributed by atoms with van der Waals surface area (Å²) in [6.45, 7) is 12.8. The lowest BCUT2D eigenvalue weighted by Crippen LogP contribution is -2.05. The Balaban J connectivity index is 3.32. The van der Waals surface area contributed by atoms with E-state index in [0.717, 1.165) is 0 Å². The van der Waals surface area contributed by atoms with Crippen molar-refractivity contribution in [1.29, 1.82) is 0 Å². The Bertz CT molecular complexity index is 427. The molecule has 4 nitrogen and oxygen atoms in total. The van der Waals surface area contributed by atoms with Gasteiger partial charge in [0.25, 0.3) is 0 Å². The van der Waals surface area contributed by atoms with Crippen LogP contribution in [0.5, 0.6) is 17.2 Å². The maximum absolute atomic E-state index is 10.2. The van der Waals surface area contributed by atoms with E-state index in [-0.39, 0.29) is 0 Å². The third-order valence-corrected chi connectivity index (χ3v) is 2.71. The van der Waals surface area contributed by atoms with E-state index in [1.165, 1.54) is 0 Å². The van der Waals surface area contributed by atoms with Crippen molar-refractivity contribution in [3.63, 3.8) is 0 Å². The van der Waals surface area contributed by atoms with E-state index in [1.807, 2.05) is 20.8 Å². The zero-order valence-electron chi connectivity index (χ0n) is 12.7. The number of benzene rings is 1. The van der Waals surface area contributed by atoms with Gasteiger partial charge in [-0.25, -0.2) is 0 Å². The van der Waals surface area contributed by atoms with E-state index in [9.17, 15) is 5.11 Å². The standard InChI is InChI=1S/C16H24O4/c1-6-18-13-9-12(15(17)11(4)5)10-14(19-7-2)16(13)20-8-3/h9-10,15,17H,4,6-8H2,1-3,5H3. The first-order valence-corrected chi connectivity index (χ1v) is 6.94. The molecule has 1 unspecified atom stereocenters. The van der Waals surface area contributed by atoms with E-state index >= 15 is 0 Å². The predicted molar refractivity (Wildman–Crippen MR) is 79.7 cm³/mol. The summed E-state index contributed by atoms with van der Waals surface area (Å²) in [6.07, 6.45) is -0.746. The van der Waals surface area contributed by atoms with Gasteiger partial charge in [-0.3, -0.25) is 0 Å². The topological polar surface area (TPSA) is 47.9 Å². The Morgan fingerprint density at radius 2 is 1.50 bits per heavy atom. The van der Waals surface area contributed by atoms with E-state index in [1.54, 1.807) is 19.1 Å². The van der Waals surface area contributed by atoms with Gasteiger partial charge in [0.1, 0.15) is 0 Å². The number of rotatable bonds is 8. The van der Waals surface area contributed by atoms with Gasteiger partial charge in [-0.2, -0.15) is 0 Å². The molecule has 112 valence electrons. The van der Waals surface area contributed by atoms with Crippen LogP contribution in [0.2, 0.25) is 0 Å². The Kier molecular flexibility index (Phi) is 6.39. The average molecular weight is 280 g/mol. The lowest BCUT2D eigenvalue weighted by Gasteiger charge is -2.19. The molecule has 4 heteroatoms. The quantitative estimate of drug-likeness (QED) is 0.740. The second-order valence-corrected chi connectivity index (χ2v) is 4.39. The van der Waals surface area contributed by atoms with E-state index < -0.39 is 6.10 Å². The molecule has 0 radical (unpaired) electrons. The van der Waals surface area contributed by atoms with Crippen molar-refractivity contribution >= 4 is 0 Å². The van der Waals surface area contributed by atoms with Crippen LogP contribution >= 0.6 is 0 Å². The van der Waals surface area contributed by atoms with Crippen LogP contribution < -0.4 is 14.2 Å². The van der Waals surface area contributed by atoms with Crippen molar-refractivity contribution in [2.45, 2.75) is 33.8 Å². The first-order chi connectivity index (χ1) is 9.54. The Hall–Kier alpha value is -1.68. The fraction of sp³-hybridized carbons (Fsp3) is 0.500. The van der Waals surface area contributed by atoms with Gasteiger partial charge in [-0.05, 0) is 51.0 Å². The molecule has 1 N–H and O–H groups in total. The highest BCUT2D eigenvalue weighted by Crippen LogP contribution is 2.41. The lowest BCUT2D eigenvalue weighted by molar-refractivity contribution is 0.212. The third kappa shape index (κ3) is 3.90. The summed E-state index contributed by atoms with van der Waals surface area (Å²) in [5, 5.41) is 10.2. The van der Waals surface area contributed by atoms with Gasteiger partial charge >= 0.3 is 0 Å². The van der Waals surface area contributed by atoms with Crippen LogP contribution in [0.1, 0.15) is 39.4 Å². The summed E-state index contributed by atoms with van der Waals surface area (Å²) in [4.78, 5) is 0. The van der Waals surface area contributed by atoms with Gasteiger partial charge in [-0.1, -0.05) is 6.58 Å². The van der Waals surface area contributed by atoms with Crippen LogP contribution in [0.25, 0.3) is 0 Å². The van der Waals surface area contributed by atoms with Gasteiger partial charge in [0.15, 0.2) is 11.5 Å². The predicted octanol–water partition coefficient (Wildman–Crippen LogP) is 3.49. The minimum atomic E-state index is -0.746. The fourth-order valence-electron chi connectivity index (χ4n) is 1.85. The molecular formula is C16H24O4. The van der Waals surface area contributed by atoms with Crippen molar-refractivity contribution in [2.24, 2.45) is 0 Å². The van der Waals surface area contributed by atoms with Crippen LogP contribution in [0.3, 0.4) is 0 Å². The second kappa shape index (κ2) is 7.80. The molecule has 0 saturated carbocycles. The molecule has 0 aliphatic rings. The van der Waals surface area contributed by atoms with Crippen molar-refractivity contribution in [1.82, 2.24) is 0 Å². The first kappa shape index (κ1) is 16.4. The highest BCUT2D eigenvalue weighted by molar-refractivity contribution is 5.55. The molecule has 0 aliphatic carbocycles. The summed E-state index contributed by atoms with van der Waals surface area (Å²) in [6, 6.07) is 3.55. The van der Waals surface area contributed by atoms with Crippen LogP contribution in [0, 0.1) is 0 Å². The fourth-order valence-corrected chi connectivity index (χ4v) is 1.85. The van der Waals surface area contributed by atoms with Crippen LogP contribution in [0.4, 0.5) is 0 Å². The molecule has 0 spiro atoms. The molecule has 0 aliphatic heterocycles. The second-order valence-electron chi connectivity index (χ2n) is 4.39. The minimum absolute atomic E-state index is 0.512. The van der Waals surface area contributed by atoms with E-state index in [2.05, 4.69) is 6.58 Å². The van der Waals surface area contributed by atoms with Crippen LogP contribution in [-0.4, -0.2) is 24.9 Å². The lowest BCUT2D eigenvalue weighted by atomic mass is 10.0. The smallest absolute Gasteiger partial charge is 0.203 e. The third-order valence-electron chi connectivity index (χ3n) is 2.71. The monoisotopic (exact) mass is 280 g/mol. The van der Waals surface area contributed by atoms with Crippen LogP contribution in [-0.2, 0) is 0 Å². The number of ether oxygens (including phenoxy) is 3. The van der Waals surface area contributed by atoms with Gasteiger partial charge in [0, 0.05) is 0 Å². The van der Waals surface area contributed by atoms with Crippen molar-refractivity contribution in [3.8, 4) is 17.2 Å². The molecule has 0 bridgehead atoms. The van der Waals surface area contributed by atoms with Crippen molar-refractivity contribution in [3.05, 3.63) is 29.8 Å². The SMILES string of the molecule is C=C(C)C(O)c1cc(OCC)c(OCC)c(OCC)c1.